The highest BCUT2D eigenvalue weighted by molar-refractivity contribution is 6.64. The fourth-order valence-corrected chi connectivity index (χ4v) is 9.53. The third-order valence-electron chi connectivity index (χ3n) is 11.7. The maximum Gasteiger partial charge on any atom is 0.333 e. The fraction of sp³-hybridized carbons (Fsp3) is 0.918. The first kappa shape index (κ1) is 53.5. The van der Waals surface area contributed by atoms with Crippen LogP contribution in [0.2, 0.25) is 13.1 Å². The van der Waals surface area contributed by atoms with Crippen LogP contribution in [-0.4, -0.2) is 76.0 Å². The molecule has 0 spiro atoms. The van der Waals surface area contributed by atoms with E-state index in [1.807, 2.05) is 0 Å². The van der Waals surface area contributed by atoms with Crippen molar-refractivity contribution in [2.24, 2.45) is 11.8 Å². The Morgan fingerprint density at radius 3 is 1.64 bits per heavy atom. The largest absolute Gasteiger partial charge is 0.395 e. The van der Waals surface area contributed by atoms with Gasteiger partial charge in [-0.15, -0.1) is 0 Å². The van der Waals surface area contributed by atoms with Gasteiger partial charge >= 0.3 is 8.56 Å². The Labute approximate surface area is 350 Å². The van der Waals surface area contributed by atoms with Crippen molar-refractivity contribution in [3.8, 4) is 0 Å². The Balaban J connectivity index is 2.28. The van der Waals surface area contributed by atoms with Crippen molar-refractivity contribution in [2.45, 2.75) is 232 Å². The molecule has 3 unspecified atom stereocenters. The summed E-state index contributed by atoms with van der Waals surface area (Å²) in [6, 6.07) is 0. The molecule has 7 heteroatoms. The first-order valence-electron chi connectivity index (χ1n) is 24.6. The molecule has 1 aliphatic rings. The van der Waals surface area contributed by atoms with E-state index in [-0.39, 0.29) is 19.5 Å². The van der Waals surface area contributed by atoms with Crippen molar-refractivity contribution in [3.63, 3.8) is 0 Å². The summed E-state index contributed by atoms with van der Waals surface area (Å²) in [5.41, 5.74) is 0. The summed E-state index contributed by atoms with van der Waals surface area (Å²) in [7, 11) is -2.30. The van der Waals surface area contributed by atoms with Crippen molar-refractivity contribution in [1.29, 1.82) is 0 Å². The third-order valence-corrected chi connectivity index (χ3v) is 13.5. The smallest absolute Gasteiger partial charge is 0.333 e. The lowest BCUT2D eigenvalue weighted by atomic mass is 10.0. The number of allylic oxidation sites excluding steroid dienone is 4. The van der Waals surface area contributed by atoms with Crippen LogP contribution in [0.1, 0.15) is 213 Å². The lowest BCUT2D eigenvalue weighted by Crippen LogP contribution is -2.40. The molecule has 1 fully saturated rings. The number of aliphatic hydroxyl groups is 2. The van der Waals surface area contributed by atoms with Gasteiger partial charge in [0.15, 0.2) is 0 Å². The van der Waals surface area contributed by atoms with Crippen LogP contribution >= 0.6 is 0 Å². The molecule has 0 aromatic rings. The second-order valence-corrected chi connectivity index (χ2v) is 20.9. The Bertz CT molecular complexity index is 863. The maximum absolute atomic E-state index is 9.23. The molecule has 0 amide bonds. The molecule has 6 nitrogen and oxygen atoms in total. The van der Waals surface area contributed by atoms with Crippen molar-refractivity contribution < 1.29 is 23.8 Å². The van der Waals surface area contributed by atoms with Gasteiger partial charge in [0.25, 0.3) is 0 Å². The number of nitrogens with zero attached hydrogens (tertiary/aromatic N) is 1. The second kappa shape index (κ2) is 39.9. The Morgan fingerprint density at radius 1 is 0.554 bits per heavy atom. The number of rotatable bonds is 45. The zero-order valence-corrected chi connectivity index (χ0v) is 39.0. The monoisotopic (exact) mass is 808 g/mol. The van der Waals surface area contributed by atoms with Gasteiger partial charge in [-0.05, 0) is 102 Å². The summed E-state index contributed by atoms with van der Waals surface area (Å²) in [6.07, 6.45) is 49.3. The highest BCUT2D eigenvalue weighted by Gasteiger charge is 2.35. The summed E-state index contributed by atoms with van der Waals surface area (Å²) < 4.78 is 19.5. The van der Waals surface area contributed by atoms with E-state index in [4.69, 9.17) is 13.6 Å². The minimum Gasteiger partial charge on any atom is -0.395 e. The van der Waals surface area contributed by atoms with E-state index in [1.54, 1.807) is 0 Å². The van der Waals surface area contributed by atoms with Gasteiger partial charge in [-0.25, -0.2) is 0 Å². The number of hydrogen-bond donors (Lipinski definition) is 2. The minimum absolute atomic E-state index is 0.145. The van der Waals surface area contributed by atoms with Crippen LogP contribution in [0.4, 0.5) is 0 Å². The van der Waals surface area contributed by atoms with Gasteiger partial charge in [0.05, 0.1) is 13.2 Å². The van der Waals surface area contributed by atoms with E-state index >= 15 is 0 Å². The standard InChI is InChI=1S/C49H97NO5Si/c1-5-7-9-11-13-14-15-16-17-18-19-20-21-22-28-34-44-53-49(55-56(3,4)54-45-35-29-27-33-39-50(40-42-51)41-43-52)38-32-26-23-25-31-37-48-46-47(48)36-30-24-12-10-8-6-2/h13-14,16-17,47-49,51-52H,5-12,15,18-46H2,1-4H3/b14-13-,17-16-. The van der Waals surface area contributed by atoms with Gasteiger partial charge < -0.3 is 23.8 Å². The molecule has 1 aliphatic carbocycles. The Kier molecular flexibility index (Phi) is 38.1. The molecule has 0 radical (unpaired) electrons. The van der Waals surface area contributed by atoms with E-state index in [0.29, 0.717) is 13.1 Å². The van der Waals surface area contributed by atoms with Gasteiger partial charge in [-0.1, -0.05) is 167 Å². The molecule has 332 valence electrons. The van der Waals surface area contributed by atoms with E-state index in [2.05, 4.69) is 56.1 Å². The predicted molar refractivity (Wildman–Crippen MR) is 245 cm³/mol. The molecule has 56 heavy (non-hydrogen) atoms. The van der Waals surface area contributed by atoms with Crippen LogP contribution in [0, 0.1) is 11.8 Å². The van der Waals surface area contributed by atoms with Crippen molar-refractivity contribution in [1.82, 2.24) is 4.90 Å². The maximum atomic E-state index is 9.23. The van der Waals surface area contributed by atoms with Crippen LogP contribution in [0.25, 0.3) is 0 Å². The summed E-state index contributed by atoms with van der Waals surface area (Å²) in [4.78, 5) is 2.14. The van der Waals surface area contributed by atoms with E-state index < -0.39 is 8.56 Å². The highest BCUT2D eigenvalue weighted by Crippen LogP contribution is 2.45. The van der Waals surface area contributed by atoms with Gasteiger partial charge in [0.1, 0.15) is 6.29 Å². The molecule has 0 aliphatic heterocycles. The number of unbranched alkanes of at least 4 members (excludes halogenated alkanes) is 21. The molecular formula is C49H97NO5Si. The molecule has 3 atom stereocenters. The van der Waals surface area contributed by atoms with Crippen molar-refractivity contribution >= 4 is 8.56 Å². The van der Waals surface area contributed by atoms with Crippen LogP contribution in [-0.2, 0) is 13.6 Å². The average molecular weight is 808 g/mol. The lowest BCUT2D eigenvalue weighted by Gasteiger charge is -2.29. The summed E-state index contributed by atoms with van der Waals surface area (Å²) in [6.45, 7) is 13.0. The van der Waals surface area contributed by atoms with Crippen LogP contribution in [0.5, 0.6) is 0 Å². The average Bonchev–Trinajstić information content (AvgIpc) is 3.94. The topological polar surface area (TPSA) is 71.4 Å². The summed E-state index contributed by atoms with van der Waals surface area (Å²) >= 11 is 0. The number of hydrogen-bond acceptors (Lipinski definition) is 6. The van der Waals surface area contributed by atoms with Crippen LogP contribution in [0.15, 0.2) is 24.3 Å². The Hall–Kier alpha value is -0.543. The number of aliphatic hydroxyl groups excluding tert-OH is 2. The normalized spacial score (nSPS) is 16.6. The SMILES string of the molecule is CCCCC/C=C\C/C=C\CCCCCCCCOC(CCCCCCCC1CC1CCCCCCCC)O[Si](C)(C)OCCCCCCN(CCO)CCO. The van der Waals surface area contributed by atoms with Gasteiger partial charge in [0.2, 0.25) is 0 Å². The molecule has 0 aromatic carbocycles. The van der Waals surface area contributed by atoms with E-state index in [9.17, 15) is 10.2 Å². The molecule has 0 heterocycles. The number of ether oxygens (including phenoxy) is 1. The Morgan fingerprint density at radius 2 is 1.04 bits per heavy atom. The highest BCUT2D eigenvalue weighted by atomic mass is 28.4. The molecule has 1 saturated carbocycles. The van der Waals surface area contributed by atoms with Gasteiger partial charge in [-0.3, -0.25) is 4.90 Å². The molecule has 0 aromatic heterocycles. The van der Waals surface area contributed by atoms with E-state index in [0.717, 1.165) is 76.5 Å². The summed E-state index contributed by atoms with van der Waals surface area (Å²) in [5, 5.41) is 18.5. The first-order valence-corrected chi connectivity index (χ1v) is 27.4. The van der Waals surface area contributed by atoms with Crippen molar-refractivity contribution in [2.75, 3.05) is 46.1 Å². The van der Waals surface area contributed by atoms with E-state index in [1.165, 1.54) is 154 Å². The predicted octanol–water partition coefficient (Wildman–Crippen LogP) is 13.8. The molecule has 0 saturated heterocycles. The van der Waals surface area contributed by atoms with Crippen LogP contribution < -0.4 is 0 Å². The zero-order valence-electron chi connectivity index (χ0n) is 38.0. The molecular weight excluding hydrogens is 711 g/mol. The summed E-state index contributed by atoms with van der Waals surface area (Å²) in [5.74, 6) is 2.10. The van der Waals surface area contributed by atoms with Gasteiger partial charge in [0, 0.05) is 26.3 Å². The zero-order chi connectivity index (χ0) is 40.6. The molecule has 0 bridgehead atoms. The fourth-order valence-electron chi connectivity index (χ4n) is 8.01. The quantitative estimate of drug-likeness (QED) is 0.0276. The molecule has 1 rings (SSSR count). The lowest BCUT2D eigenvalue weighted by molar-refractivity contribution is -0.104. The second-order valence-electron chi connectivity index (χ2n) is 17.6. The van der Waals surface area contributed by atoms with Gasteiger partial charge in [-0.2, -0.15) is 0 Å². The first-order chi connectivity index (χ1) is 27.5. The van der Waals surface area contributed by atoms with Crippen molar-refractivity contribution in [3.05, 3.63) is 24.3 Å². The minimum atomic E-state index is -2.30. The third kappa shape index (κ3) is 35.4. The van der Waals surface area contributed by atoms with Crippen LogP contribution in [0.3, 0.4) is 0 Å². The molecule has 2 N–H and O–H groups in total.